The van der Waals surface area contributed by atoms with E-state index in [9.17, 15) is 22.4 Å². The zero-order chi connectivity index (χ0) is 17.0. The van der Waals surface area contributed by atoms with Gasteiger partial charge in [0.05, 0.1) is 18.1 Å². The highest BCUT2D eigenvalue weighted by Gasteiger charge is 2.28. The molecule has 1 heterocycles. The van der Waals surface area contributed by atoms with E-state index in [4.69, 9.17) is 0 Å². The van der Waals surface area contributed by atoms with Gasteiger partial charge in [-0.2, -0.15) is 0 Å². The van der Waals surface area contributed by atoms with Crippen LogP contribution in [0.3, 0.4) is 0 Å². The molecule has 3 amide bonds. The molecule has 0 spiro atoms. The number of urea groups is 1. The Kier molecular flexibility index (Phi) is 5.19. The summed E-state index contributed by atoms with van der Waals surface area (Å²) >= 11 is 0. The Morgan fingerprint density at radius 3 is 2.70 bits per heavy atom. The molecule has 1 saturated heterocycles. The number of aryl methyl sites for hydroxylation is 1. The fraction of sp³-hybridized carbons (Fsp3) is 0.429. The number of carbonyl (C=O) groups is 2. The van der Waals surface area contributed by atoms with E-state index in [2.05, 4.69) is 16.0 Å². The largest absolute Gasteiger partial charge is 0.351 e. The van der Waals surface area contributed by atoms with Crippen LogP contribution in [0, 0.1) is 12.7 Å². The number of hydrogen-bond acceptors (Lipinski definition) is 4. The molecule has 0 bridgehead atoms. The van der Waals surface area contributed by atoms with E-state index in [0.29, 0.717) is 12.0 Å². The van der Waals surface area contributed by atoms with Crippen molar-refractivity contribution in [2.75, 3.05) is 23.4 Å². The molecule has 0 saturated carbocycles. The highest BCUT2D eigenvalue weighted by Crippen LogP contribution is 2.13. The first-order valence-corrected chi connectivity index (χ1v) is 8.88. The Morgan fingerprint density at radius 2 is 2.09 bits per heavy atom. The molecular formula is C14H18FN3O4S. The summed E-state index contributed by atoms with van der Waals surface area (Å²) in [5.74, 6) is -0.932. The third-order valence-corrected chi connectivity index (χ3v) is 5.20. The van der Waals surface area contributed by atoms with Gasteiger partial charge in [-0.3, -0.25) is 4.79 Å². The molecule has 1 atom stereocenters. The third kappa shape index (κ3) is 5.20. The van der Waals surface area contributed by atoms with Crippen LogP contribution >= 0.6 is 0 Å². The highest BCUT2D eigenvalue weighted by atomic mass is 32.2. The van der Waals surface area contributed by atoms with E-state index in [1.807, 2.05) is 0 Å². The first-order chi connectivity index (χ1) is 10.7. The minimum absolute atomic E-state index is 0.0604. The van der Waals surface area contributed by atoms with Gasteiger partial charge < -0.3 is 16.0 Å². The van der Waals surface area contributed by atoms with Crippen molar-refractivity contribution in [3.63, 3.8) is 0 Å². The molecule has 3 N–H and O–H groups in total. The molecule has 1 fully saturated rings. The van der Waals surface area contributed by atoms with Crippen LogP contribution in [0.4, 0.5) is 14.9 Å². The summed E-state index contributed by atoms with van der Waals surface area (Å²) in [7, 11) is -3.07. The monoisotopic (exact) mass is 343 g/mol. The van der Waals surface area contributed by atoms with Crippen LogP contribution in [0.2, 0.25) is 0 Å². The van der Waals surface area contributed by atoms with Gasteiger partial charge in [-0.1, -0.05) is 6.07 Å². The third-order valence-electron chi connectivity index (χ3n) is 3.44. The molecule has 0 aromatic heterocycles. The summed E-state index contributed by atoms with van der Waals surface area (Å²) in [4.78, 5) is 23.3. The van der Waals surface area contributed by atoms with Gasteiger partial charge in [0.25, 0.3) is 0 Å². The molecular weight excluding hydrogens is 325 g/mol. The van der Waals surface area contributed by atoms with Gasteiger partial charge in [-0.25, -0.2) is 17.6 Å². The van der Waals surface area contributed by atoms with Gasteiger partial charge in [-0.05, 0) is 31.0 Å². The first-order valence-electron chi connectivity index (χ1n) is 7.06. The van der Waals surface area contributed by atoms with Crippen LogP contribution in [0.15, 0.2) is 18.2 Å². The Morgan fingerprint density at radius 1 is 1.35 bits per heavy atom. The van der Waals surface area contributed by atoms with E-state index in [-0.39, 0.29) is 23.7 Å². The molecule has 1 aromatic carbocycles. The summed E-state index contributed by atoms with van der Waals surface area (Å²) in [6, 6.07) is 3.18. The highest BCUT2D eigenvalue weighted by molar-refractivity contribution is 7.91. The molecule has 1 aliphatic heterocycles. The average Bonchev–Trinajstić information content (AvgIpc) is 2.80. The minimum atomic E-state index is -3.07. The standard InChI is InChI=1S/C14H18FN3O4S/c1-9-2-3-10(6-12(9)15)18-14(20)16-7-13(19)17-11-4-5-23(21,22)8-11/h2-3,6,11H,4-5,7-8H2,1H3,(H,17,19)(H2,16,18,20)/t11-/m0/s1. The molecule has 1 aromatic rings. The van der Waals surface area contributed by atoms with E-state index in [1.54, 1.807) is 13.0 Å². The van der Waals surface area contributed by atoms with Crippen LogP contribution in [-0.2, 0) is 14.6 Å². The molecule has 0 radical (unpaired) electrons. The second-order valence-electron chi connectivity index (χ2n) is 5.44. The molecule has 1 aliphatic rings. The van der Waals surface area contributed by atoms with Crippen molar-refractivity contribution in [1.29, 1.82) is 0 Å². The van der Waals surface area contributed by atoms with E-state index in [0.717, 1.165) is 0 Å². The zero-order valence-electron chi connectivity index (χ0n) is 12.6. The van der Waals surface area contributed by atoms with Crippen LogP contribution in [0.1, 0.15) is 12.0 Å². The fourth-order valence-corrected chi connectivity index (χ4v) is 3.87. The number of anilines is 1. The van der Waals surface area contributed by atoms with Crippen molar-refractivity contribution < 1.29 is 22.4 Å². The molecule has 7 nitrogen and oxygen atoms in total. The minimum Gasteiger partial charge on any atom is -0.351 e. The van der Waals surface area contributed by atoms with Gasteiger partial charge in [0.2, 0.25) is 5.91 Å². The number of sulfone groups is 1. The molecule has 2 rings (SSSR count). The second-order valence-corrected chi connectivity index (χ2v) is 7.67. The van der Waals surface area contributed by atoms with Crippen molar-refractivity contribution in [3.05, 3.63) is 29.6 Å². The van der Waals surface area contributed by atoms with Crippen LogP contribution < -0.4 is 16.0 Å². The number of carbonyl (C=O) groups excluding carboxylic acids is 2. The Bertz CT molecular complexity index is 721. The van der Waals surface area contributed by atoms with Crippen molar-refractivity contribution >= 4 is 27.5 Å². The summed E-state index contributed by atoms with van der Waals surface area (Å²) in [6.45, 7) is 1.31. The number of hydrogen-bond donors (Lipinski definition) is 3. The van der Waals surface area contributed by atoms with Crippen molar-refractivity contribution in [3.8, 4) is 0 Å². The van der Waals surface area contributed by atoms with Gasteiger partial charge in [0.15, 0.2) is 9.84 Å². The van der Waals surface area contributed by atoms with Gasteiger partial charge in [0, 0.05) is 11.7 Å². The average molecular weight is 343 g/mol. The van der Waals surface area contributed by atoms with Gasteiger partial charge in [0.1, 0.15) is 5.82 Å². The maximum Gasteiger partial charge on any atom is 0.319 e. The maximum atomic E-state index is 13.3. The van der Waals surface area contributed by atoms with Crippen molar-refractivity contribution in [2.24, 2.45) is 0 Å². The van der Waals surface area contributed by atoms with Crippen molar-refractivity contribution in [2.45, 2.75) is 19.4 Å². The molecule has 23 heavy (non-hydrogen) atoms. The number of halogens is 1. The summed E-state index contributed by atoms with van der Waals surface area (Å²) in [5.41, 5.74) is 0.731. The predicted octanol–water partition coefficient (Wildman–Crippen LogP) is 0.559. The second kappa shape index (κ2) is 6.95. The summed E-state index contributed by atoms with van der Waals surface area (Å²) in [5, 5.41) is 7.28. The predicted molar refractivity (Wildman–Crippen MR) is 83.4 cm³/mol. The van der Waals surface area contributed by atoms with Gasteiger partial charge in [-0.15, -0.1) is 0 Å². The quantitative estimate of drug-likeness (QED) is 0.743. The molecule has 0 unspecified atom stereocenters. The zero-order valence-corrected chi connectivity index (χ0v) is 13.4. The summed E-state index contributed by atoms with van der Waals surface area (Å²) in [6.07, 6.45) is 0.378. The van der Waals surface area contributed by atoms with Crippen molar-refractivity contribution in [1.82, 2.24) is 10.6 Å². The molecule has 126 valence electrons. The van der Waals surface area contributed by atoms with Crippen LogP contribution in [0.25, 0.3) is 0 Å². The smallest absolute Gasteiger partial charge is 0.319 e. The van der Waals surface area contributed by atoms with E-state index in [1.165, 1.54) is 12.1 Å². The lowest BCUT2D eigenvalue weighted by atomic mass is 10.2. The number of amides is 3. The fourth-order valence-electron chi connectivity index (χ4n) is 2.19. The normalized spacial score (nSPS) is 19.1. The first kappa shape index (κ1) is 17.2. The van der Waals surface area contributed by atoms with Crippen LogP contribution in [-0.4, -0.2) is 44.4 Å². The number of rotatable bonds is 4. The molecule has 0 aliphatic carbocycles. The van der Waals surface area contributed by atoms with Crippen LogP contribution in [0.5, 0.6) is 0 Å². The number of nitrogens with one attached hydrogen (secondary N) is 3. The topological polar surface area (TPSA) is 104 Å². The Labute approximate surface area is 133 Å². The Hall–Kier alpha value is -2.16. The van der Waals surface area contributed by atoms with E-state index >= 15 is 0 Å². The maximum absolute atomic E-state index is 13.3. The lowest BCUT2D eigenvalue weighted by Gasteiger charge is -2.12. The number of benzene rings is 1. The molecule has 9 heteroatoms. The SMILES string of the molecule is Cc1ccc(NC(=O)NCC(=O)N[C@H]2CCS(=O)(=O)C2)cc1F. The van der Waals surface area contributed by atoms with E-state index < -0.39 is 33.6 Å². The lowest BCUT2D eigenvalue weighted by Crippen LogP contribution is -2.43. The summed E-state index contributed by atoms with van der Waals surface area (Å²) < 4.78 is 35.9. The van der Waals surface area contributed by atoms with Gasteiger partial charge >= 0.3 is 6.03 Å². The Balaban J connectivity index is 1.75. The lowest BCUT2D eigenvalue weighted by molar-refractivity contribution is -0.120.